The second-order valence-electron chi connectivity index (χ2n) is 5.50. The molecule has 6 heteroatoms. The predicted molar refractivity (Wildman–Crippen MR) is 82.6 cm³/mol. The molecule has 118 valence electrons. The number of piperidine rings is 1. The lowest BCUT2D eigenvalue weighted by Crippen LogP contribution is -2.41. The molecule has 5 nitrogen and oxygen atoms in total. The second-order valence-corrected chi connectivity index (χ2v) is 7.44. The van der Waals surface area contributed by atoms with Gasteiger partial charge in [0.25, 0.3) is 0 Å². The number of ether oxygens (including phenoxy) is 1. The van der Waals surface area contributed by atoms with Gasteiger partial charge < -0.3 is 10.1 Å². The third-order valence-corrected chi connectivity index (χ3v) is 5.71. The molecule has 0 amide bonds. The lowest BCUT2D eigenvalue weighted by molar-refractivity contribution is 0.118. The molecule has 1 heterocycles. The van der Waals surface area contributed by atoms with Crippen molar-refractivity contribution in [2.75, 3.05) is 33.9 Å². The molecule has 1 aromatic rings. The van der Waals surface area contributed by atoms with Gasteiger partial charge in [-0.3, -0.25) is 0 Å². The zero-order valence-corrected chi connectivity index (χ0v) is 13.5. The van der Waals surface area contributed by atoms with E-state index in [4.69, 9.17) is 4.74 Å². The largest absolute Gasteiger partial charge is 0.384 e. The van der Waals surface area contributed by atoms with Crippen molar-refractivity contribution in [1.29, 1.82) is 0 Å². The molecule has 1 fully saturated rings. The Morgan fingerprint density at radius 3 is 2.67 bits per heavy atom. The summed E-state index contributed by atoms with van der Waals surface area (Å²) in [6, 6.07) is 7.11. The van der Waals surface area contributed by atoms with Crippen molar-refractivity contribution >= 4 is 10.0 Å². The van der Waals surface area contributed by atoms with Gasteiger partial charge in [-0.15, -0.1) is 0 Å². The van der Waals surface area contributed by atoms with Crippen LogP contribution in [0.2, 0.25) is 0 Å². The Balaban J connectivity index is 2.13. The quantitative estimate of drug-likeness (QED) is 0.864. The molecule has 0 bridgehead atoms. The van der Waals surface area contributed by atoms with Gasteiger partial charge in [0, 0.05) is 26.7 Å². The van der Waals surface area contributed by atoms with E-state index in [0.29, 0.717) is 30.5 Å². The molecule has 0 radical (unpaired) electrons. The first kappa shape index (κ1) is 16.4. The third-order valence-electron chi connectivity index (χ3n) is 3.83. The molecule has 1 aliphatic rings. The van der Waals surface area contributed by atoms with E-state index in [1.54, 1.807) is 23.5 Å². The van der Waals surface area contributed by atoms with E-state index in [2.05, 4.69) is 5.32 Å². The van der Waals surface area contributed by atoms with Gasteiger partial charge in [-0.25, -0.2) is 8.42 Å². The minimum Gasteiger partial charge on any atom is -0.384 e. The van der Waals surface area contributed by atoms with Crippen LogP contribution in [-0.4, -0.2) is 46.6 Å². The van der Waals surface area contributed by atoms with E-state index in [1.165, 1.54) is 0 Å². The van der Waals surface area contributed by atoms with Crippen molar-refractivity contribution in [1.82, 2.24) is 9.62 Å². The van der Waals surface area contributed by atoms with Crippen LogP contribution in [0.1, 0.15) is 18.4 Å². The Morgan fingerprint density at radius 2 is 2.05 bits per heavy atom. The lowest BCUT2D eigenvalue weighted by Gasteiger charge is -2.31. The first-order valence-electron chi connectivity index (χ1n) is 7.30. The van der Waals surface area contributed by atoms with E-state index in [1.807, 2.05) is 19.2 Å². The maximum atomic E-state index is 12.7. The van der Waals surface area contributed by atoms with E-state index in [9.17, 15) is 8.42 Å². The SMILES string of the molecule is CNCc1ccc(S(=O)(=O)N2CCCC(COC)C2)cc1. The lowest BCUT2D eigenvalue weighted by atomic mass is 10.0. The monoisotopic (exact) mass is 312 g/mol. The van der Waals surface area contributed by atoms with Crippen LogP contribution in [-0.2, 0) is 21.3 Å². The highest BCUT2D eigenvalue weighted by Gasteiger charge is 2.30. The van der Waals surface area contributed by atoms with Gasteiger partial charge in [0.2, 0.25) is 10.0 Å². The fraction of sp³-hybridized carbons (Fsp3) is 0.600. The van der Waals surface area contributed by atoms with Crippen LogP contribution < -0.4 is 5.32 Å². The van der Waals surface area contributed by atoms with Crippen molar-refractivity contribution in [2.45, 2.75) is 24.3 Å². The summed E-state index contributed by atoms with van der Waals surface area (Å²) in [5, 5.41) is 3.05. The zero-order valence-electron chi connectivity index (χ0n) is 12.7. The van der Waals surface area contributed by atoms with Crippen molar-refractivity contribution in [2.24, 2.45) is 5.92 Å². The number of nitrogens with one attached hydrogen (secondary N) is 1. The van der Waals surface area contributed by atoms with Crippen LogP contribution in [0.15, 0.2) is 29.2 Å². The van der Waals surface area contributed by atoms with Gasteiger partial charge in [-0.05, 0) is 43.5 Å². The smallest absolute Gasteiger partial charge is 0.243 e. The van der Waals surface area contributed by atoms with Crippen LogP contribution >= 0.6 is 0 Å². The zero-order chi connectivity index (χ0) is 15.3. The summed E-state index contributed by atoms with van der Waals surface area (Å²) in [7, 11) is 0.142. The highest BCUT2D eigenvalue weighted by Crippen LogP contribution is 2.24. The van der Waals surface area contributed by atoms with Crippen molar-refractivity contribution in [3.63, 3.8) is 0 Å². The van der Waals surface area contributed by atoms with Crippen LogP contribution in [0.5, 0.6) is 0 Å². The first-order chi connectivity index (χ1) is 10.1. The number of hydrogen-bond acceptors (Lipinski definition) is 4. The molecule has 1 aliphatic heterocycles. The molecule has 2 rings (SSSR count). The minimum atomic E-state index is -3.39. The average molecular weight is 312 g/mol. The number of nitrogens with zero attached hydrogens (tertiary/aromatic N) is 1. The normalized spacial score (nSPS) is 20.6. The number of hydrogen-bond donors (Lipinski definition) is 1. The molecule has 1 saturated heterocycles. The molecule has 0 saturated carbocycles. The number of rotatable bonds is 6. The van der Waals surface area contributed by atoms with E-state index in [-0.39, 0.29) is 0 Å². The summed E-state index contributed by atoms with van der Waals surface area (Å²) in [4.78, 5) is 0.375. The number of benzene rings is 1. The molecular formula is C15H24N2O3S. The second kappa shape index (κ2) is 7.35. The molecule has 0 spiro atoms. The Bertz CT molecular complexity index is 541. The summed E-state index contributed by atoms with van der Waals surface area (Å²) in [6.45, 7) is 2.50. The predicted octanol–water partition coefficient (Wildman–Crippen LogP) is 1.45. The van der Waals surface area contributed by atoms with Gasteiger partial charge in [-0.2, -0.15) is 4.31 Å². The highest BCUT2D eigenvalue weighted by atomic mass is 32.2. The molecule has 21 heavy (non-hydrogen) atoms. The maximum absolute atomic E-state index is 12.7. The Kier molecular flexibility index (Phi) is 5.75. The van der Waals surface area contributed by atoms with E-state index >= 15 is 0 Å². The van der Waals surface area contributed by atoms with Gasteiger partial charge in [0.1, 0.15) is 0 Å². The Hall–Kier alpha value is -0.950. The fourth-order valence-corrected chi connectivity index (χ4v) is 4.30. The average Bonchev–Trinajstić information content (AvgIpc) is 2.49. The van der Waals surface area contributed by atoms with Crippen LogP contribution in [0.4, 0.5) is 0 Å². The summed E-state index contributed by atoms with van der Waals surface area (Å²) >= 11 is 0. The Labute approximate surface area is 127 Å². The summed E-state index contributed by atoms with van der Waals surface area (Å²) in [5.74, 6) is 0.294. The topological polar surface area (TPSA) is 58.6 Å². The van der Waals surface area contributed by atoms with E-state index < -0.39 is 10.0 Å². The van der Waals surface area contributed by atoms with Crippen molar-refractivity contribution in [3.8, 4) is 0 Å². The van der Waals surface area contributed by atoms with Crippen molar-refractivity contribution < 1.29 is 13.2 Å². The maximum Gasteiger partial charge on any atom is 0.243 e. The molecule has 1 unspecified atom stereocenters. The molecule has 1 N–H and O–H groups in total. The third kappa shape index (κ3) is 4.03. The van der Waals surface area contributed by atoms with Gasteiger partial charge >= 0.3 is 0 Å². The minimum absolute atomic E-state index is 0.294. The summed E-state index contributed by atoms with van der Waals surface area (Å²) in [5.41, 5.74) is 1.08. The van der Waals surface area contributed by atoms with Gasteiger partial charge in [-0.1, -0.05) is 12.1 Å². The summed E-state index contributed by atoms with van der Waals surface area (Å²) < 4.78 is 32.1. The van der Waals surface area contributed by atoms with Gasteiger partial charge in [0.15, 0.2) is 0 Å². The van der Waals surface area contributed by atoms with Crippen LogP contribution in [0.25, 0.3) is 0 Å². The van der Waals surface area contributed by atoms with Crippen molar-refractivity contribution in [3.05, 3.63) is 29.8 Å². The fourth-order valence-electron chi connectivity index (χ4n) is 2.75. The molecule has 0 aliphatic carbocycles. The highest BCUT2D eigenvalue weighted by molar-refractivity contribution is 7.89. The number of methoxy groups -OCH3 is 1. The number of sulfonamides is 1. The first-order valence-corrected chi connectivity index (χ1v) is 8.74. The molecule has 0 aromatic heterocycles. The summed E-state index contributed by atoms with van der Waals surface area (Å²) in [6.07, 6.45) is 1.92. The molecular weight excluding hydrogens is 288 g/mol. The Morgan fingerprint density at radius 1 is 1.33 bits per heavy atom. The molecule has 1 aromatic carbocycles. The molecule has 1 atom stereocenters. The van der Waals surface area contributed by atoms with Gasteiger partial charge in [0.05, 0.1) is 11.5 Å². The van der Waals surface area contributed by atoms with Crippen LogP contribution in [0, 0.1) is 5.92 Å². The van der Waals surface area contributed by atoms with Crippen LogP contribution in [0.3, 0.4) is 0 Å². The standard InChI is InChI=1S/C15H24N2O3S/c1-16-10-13-5-7-15(8-6-13)21(18,19)17-9-3-4-14(11-17)12-20-2/h5-8,14,16H,3-4,9-12H2,1-2H3. The van der Waals surface area contributed by atoms with E-state index in [0.717, 1.165) is 24.9 Å².